The van der Waals surface area contributed by atoms with Crippen LogP contribution in [-0.2, 0) is 0 Å². The molecule has 0 saturated carbocycles. The summed E-state index contributed by atoms with van der Waals surface area (Å²) in [6, 6.07) is 4.24. The molecule has 3 heteroatoms. The van der Waals surface area contributed by atoms with E-state index in [1.807, 2.05) is 19.2 Å². The SMILES string of the molecule is CCC1(CC)CCN(c2cc([C@@H](C)N)ccn2)CC1. The van der Waals surface area contributed by atoms with Crippen molar-refractivity contribution in [1.82, 2.24) is 4.98 Å². The Bertz CT molecular complexity index is 400. The predicted octanol–water partition coefficient (Wildman–Crippen LogP) is 3.51. The van der Waals surface area contributed by atoms with Gasteiger partial charge in [0, 0.05) is 25.3 Å². The molecule has 0 unspecified atom stereocenters. The van der Waals surface area contributed by atoms with Crippen LogP contribution in [0.15, 0.2) is 18.3 Å². The lowest BCUT2D eigenvalue weighted by atomic mass is 9.74. The molecule has 2 heterocycles. The first-order valence-corrected chi connectivity index (χ1v) is 7.57. The molecule has 1 aliphatic heterocycles. The normalized spacial score (nSPS) is 20.3. The van der Waals surface area contributed by atoms with Gasteiger partial charge in [0.25, 0.3) is 0 Å². The Hall–Kier alpha value is -1.09. The van der Waals surface area contributed by atoms with Crippen molar-refractivity contribution in [2.24, 2.45) is 11.1 Å². The van der Waals surface area contributed by atoms with Crippen LogP contribution in [-0.4, -0.2) is 18.1 Å². The zero-order chi connectivity index (χ0) is 13.9. The fraction of sp³-hybridized carbons (Fsp3) is 0.688. The zero-order valence-electron chi connectivity index (χ0n) is 12.5. The van der Waals surface area contributed by atoms with E-state index < -0.39 is 0 Å². The predicted molar refractivity (Wildman–Crippen MR) is 81.3 cm³/mol. The Morgan fingerprint density at radius 1 is 1.32 bits per heavy atom. The summed E-state index contributed by atoms with van der Waals surface area (Å²) >= 11 is 0. The van der Waals surface area contributed by atoms with Crippen molar-refractivity contribution in [2.45, 2.75) is 52.5 Å². The summed E-state index contributed by atoms with van der Waals surface area (Å²) in [6.45, 7) is 8.92. The average molecular weight is 261 g/mol. The van der Waals surface area contributed by atoms with Crippen molar-refractivity contribution in [3.8, 4) is 0 Å². The second-order valence-corrected chi connectivity index (χ2v) is 5.93. The largest absolute Gasteiger partial charge is 0.357 e. The minimum absolute atomic E-state index is 0.0805. The second-order valence-electron chi connectivity index (χ2n) is 5.93. The number of hydrogen-bond acceptors (Lipinski definition) is 3. The van der Waals surface area contributed by atoms with E-state index in [1.54, 1.807) is 0 Å². The van der Waals surface area contributed by atoms with Crippen LogP contribution in [0.1, 0.15) is 58.1 Å². The van der Waals surface area contributed by atoms with Crippen molar-refractivity contribution >= 4 is 5.82 Å². The van der Waals surface area contributed by atoms with E-state index >= 15 is 0 Å². The molecule has 19 heavy (non-hydrogen) atoms. The summed E-state index contributed by atoms with van der Waals surface area (Å²) in [4.78, 5) is 6.93. The third-order valence-corrected chi connectivity index (χ3v) is 4.94. The Kier molecular flexibility index (Phi) is 4.46. The van der Waals surface area contributed by atoms with Gasteiger partial charge in [0.15, 0.2) is 0 Å². The lowest BCUT2D eigenvalue weighted by molar-refractivity contribution is 0.199. The number of rotatable bonds is 4. The van der Waals surface area contributed by atoms with Gasteiger partial charge >= 0.3 is 0 Å². The summed E-state index contributed by atoms with van der Waals surface area (Å²) in [5.74, 6) is 1.09. The summed E-state index contributed by atoms with van der Waals surface area (Å²) in [5, 5.41) is 0. The summed E-state index contributed by atoms with van der Waals surface area (Å²) in [7, 11) is 0. The molecule has 3 nitrogen and oxygen atoms in total. The highest BCUT2D eigenvalue weighted by Crippen LogP contribution is 2.38. The third-order valence-electron chi connectivity index (χ3n) is 4.94. The van der Waals surface area contributed by atoms with Crippen LogP contribution < -0.4 is 10.6 Å². The Morgan fingerprint density at radius 3 is 2.47 bits per heavy atom. The Morgan fingerprint density at radius 2 is 1.95 bits per heavy atom. The van der Waals surface area contributed by atoms with Crippen LogP contribution in [0, 0.1) is 5.41 Å². The molecule has 0 spiro atoms. The number of nitrogens with zero attached hydrogens (tertiary/aromatic N) is 2. The van der Waals surface area contributed by atoms with Crippen molar-refractivity contribution in [3.05, 3.63) is 23.9 Å². The van der Waals surface area contributed by atoms with Crippen LogP contribution in [0.5, 0.6) is 0 Å². The fourth-order valence-corrected chi connectivity index (χ4v) is 3.06. The molecule has 0 amide bonds. The van der Waals surface area contributed by atoms with Gasteiger partial charge in [0.05, 0.1) is 0 Å². The molecule has 1 aliphatic rings. The number of pyridine rings is 1. The van der Waals surface area contributed by atoms with Crippen LogP contribution in [0.3, 0.4) is 0 Å². The Labute approximate surface area is 117 Å². The van der Waals surface area contributed by atoms with Gasteiger partial charge < -0.3 is 10.6 Å². The van der Waals surface area contributed by atoms with Gasteiger partial charge in [-0.2, -0.15) is 0 Å². The van der Waals surface area contributed by atoms with Gasteiger partial charge in [-0.1, -0.05) is 26.7 Å². The quantitative estimate of drug-likeness (QED) is 0.902. The minimum Gasteiger partial charge on any atom is -0.357 e. The first-order chi connectivity index (χ1) is 9.10. The van der Waals surface area contributed by atoms with Crippen LogP contribution in [0.2, 0.25) is 0 Å². The number of anilines is 1. The maximum Gasteiger partial charge on any atom is 0.128 e. The first kappa shape index (κ1) is 14.3. The second kappa shape index (κ2) is 5.91. The van der Waals surface area contributed by atoms with Crippen molar-refractivity contribution in [2.75, 3.05) is 18.0 Å². The van der Waals surface area contributed by atoms with Gasteiger partial charge in [-0.05, 0) is 42.9 Å². The zero-order valence-corrected chi connectivity index (χ0v) is 12.5. The molecule has 2 rings (SSSR count). The number of hydrogen-bond donors (Lipinski definition) is 1. The highest BCUT2D eigenvalue weighted by atomic mass is 15.2. The van der Waals surface area contributed by atoms with Crippen LogP contribution in [0.4, 0.5) is 5.82 Å². The molecule has 1 fully saturated rings. The number of aromatic nitrogens is 1. The highest BCUT2D eigenvalue weighted by Gasteiger charge is 2.31. The van der Waals surface area contributed by atoms with E-state index in [0.717, 1.165) is 18.9 Å². The van der Waals surface area contributed by atoms with E-state index in [0.29, 0.717) is 5.41 Å². The smallest absolute Gasteiger partial charge is 0.128 e. The van der Waals surface area contributed by atoms with Gasteiger partial charge in [0.2, 0.25) is 0 Å². The van der Waals surface area contributed by atoms with Gasteiger partial charge in [0.1, 0.15) is 5.82 Å². The van der Waals surface area contributed by atoms with E-state index in [9.17, 15) is 0 Å². The molecule has 1 aromatic rings. The molecule has 0 bridgehead atoms. The lowest BCUT2D eigenvalue weighted by Crippen LogP contribution is -2.40. The summed E-state index contributed by atoms with van der Waals surface area (Å²) < 4.78 is 0. The highest BCUT2D eigenvalue weighted by molar-refractivity contribution is 5.42. The molecule has 0 aromatic carbocycles. The first-order valence-electron chi connectivity index (χ1n) is 7.57. The van der Waals surface area contributed by atoms with Gasteiger partial charge in [-0.25, -0.2) is 4.98 Å². The lowest BCUT2D eigenvalue weighted by Gasteiger charge is -2.41. The Balaban J connectivity index is 2.07. The molecule has 0 aliphatic carbocycles. The molecular weight excluding hydrogens is 234 g/mol. The van der Waals surface area contributed by atoms with Crippen molar-refractivity contribution in [1.29, 1.82) is 0 Å². The fourth-order valence-electron chi connectivity index (χ4n) is 3.06. The standard InChI is InChI=1S/C16H27N3/c1-4-16(5-2)7-10-19(11-8-16)15-12-14(13(3)17)6-9-18-15/h6,9,12-13H,4-5,7-8,10-11,17H2,1-3H3/t13-/m1/s1. The topological polar surface area (TPSA) is 42.1 Å². The summed E-state index contributed by atoms with van der Waals surface area (Å²) in [5.41, 5.74) is 7.69. The third kappa shape index (κ3) is 3.08. The van der Waals surface area contributed by atoms with Gasteiger partial charge in [-0.3, -0.25) is 0 Å². The average Bonchev–Trinajstić information content (AvgIpc) is 2.47. The van der Waals surface area contributed by atoms with Crippen molar-refractivity contribution < 1.29 is 0 Å². The number of piperidine rings is 1. The van der Waals surface area contributed by atoms with Crippen molar-refractivity contribution in [3.63, 3.8) is 0 Å². The molecule has 1 atom stereocenters. The molecule has 2 N–H and O–H groups in total. The maximum absolute atomic E-state index is 5.95. The number of nitrogens with two attached hydrogens (primary N) is 1. The van der Waals surface area contributed by atoms with Crippen LogP contribution >= 0.6 is 0 Å². The maximum atomic E-state index is 5.95. The van der Waals surface area contributed by atoms with E-state index in [2.05, 4.69) is 29.8 Å². The van der Waals surface area contributed by atoms with E-state index in [-0.39, 0.29) is 6.04 Å². The monoisotopic (exact) mass is 261 g/mol. The van der Waals surface area contributed by atoms with E-state index in [4.69, 9.17) is 5.73 Å². The molecule has 106 valence electrons. The van der Waals surface area contributed by atoms with E-state index in [1.165, 1.54) is 31.2 Å². The molecular formula is C16H27N3. The van der Waals surface area contributed by atoms with Gasteiger partial charge in [-0.15, -0.1) is 0 Å². The molecule has 0 radical (unpaired) electrons. The molecule has 1 saturated heterocycles. The van der Waals surface area contributed by atoms with Crippen LogP contribution in [0.25, 0.3) is 0 Å². The molecule has 1 aromatic heterocycles. The summed E-state index contributed by atoms with van der Waals surface area (Å²) in [6.07, 6.45) is 7.04. The minimum atomic E-state index is 0.0805.